The van der Waals surface area contributed by atoms with Crippen molar-refractivity contribution in [1.82, 2.24) is 15.5 Å². The van der Waals surface area contributed by atoms with Gasteiger partial charge in [-0.1, -0.05) is 6.07 Å². The van der Waals surface area contributed by atoms with Gasteiger partial charge in [-0.2, -0.15) is 0 Å². The molecule has 33 heavy (non-hydrogen) atoms. The summed E-state index contributed by atoms with van der Waals surface area (Å²) in [6, 6.07) is 10.3. The van der Waals surface area contributed by atoms with Gasteiger partial charge in [-0.05, 0) is 80.1 Å². The number of amides is 4. The van der Waals surface area contributed by atoms with Gasteiger partial charge in [0.2, 0.25) is 5.91 Å². The fraction of sp³-hybridized carbons (Fsp3) is 0.400. The Kier molecular flexibility index (Phi) is 6.47. The maximum absolute atomic E-state index is 13.2. The van der Waals surface area contributed by atoms with Crippen LogP contribution in [0.4, 0.5) is 14.9 Å². The number of nitrogens with zero attached hydrogens (tertiary/aromatic N) is 1. The number of nitrogens with one attached hydrogen (secondary N) is 3. The number of benzene rings is 2. The molecule has 0 spiro atoms. The summed E-state index contributed by atoms with van der Waals surface area (Å²) >= 11 is 0. The molecule has 0 radical (unpaired) electrons. The lowest BCUT2D eigenvalue weighted by Crippen LogP contribution is -2.57. The molecule has 2 aromatic rings. The largest absolute Gasteiger partial charge is 0.342 e. The molecular formula is C25H29FN4O3. The normalized spacial score (nSPS) is 24.7. The lowest BCUT2D eigenvalue weighted by molar-refractivity contribution is -0.140. The average molecular weight is 453 g/mol. The third-order valence-corrected chi connectivity index (χ3v) is 6.80. The Morgan fingerprint density at radius 1 is 1.12 bits per heavy atom. The quantitative estimate of drug-likeness (QED) is 0.666. The van der Waals surface area contributed by atoms with Gasteiger partial charge in [-0.3, -0.25) is 14.9 Å². The zero-order valence-electron chi connectivity index (χ0n) is 19.0. The van der Waals surface area contributed by atoms with Gasteiger partial charge in [-0.15, -0.1) is 0 Å². The van der Waals surface area contributed by atoms with Gasteiger partial charge >= 0.3 is 6.03 Å². The molecule has 8 heteroatoms. The number of rotatable bonds is 3. The summed E-state index contributed by atoms with van der Waals surface area (Å²) in [7, 11) is 1.87. The number of imide groups is 1. The van der Waals surface area contributed by atoms with E-state index in [1.165, 1.54) is 24.3 Å². The van der Waals surface area contributed by atoms with Gasteiger partial charge in [0.1, 0.15) is 5.82 Å². The lowest BCUT2D eigenvalue weighted by Gasteiger charge is -2.47. The molecule has 7 nitrogen and oxygen atoms in total. The van der Waals surface area contributed by atoms with E-state index in [0.29, 0.717) is 23.2 Å². The molecule has 2 heterocycles. The van der Waals surface area contributed by atoms with Crippen LogP contribution in [0, 0.1) is 18.7 Å². The van der Waals surface area contributed by atoms with Gasteiger partial charge < -0.3 is 15.5 Å². The third kappa shape index (κ3) is 4.90. The van der Waals surface area contributed by atoms with Crippen molar-refractivity contribution in [1.29, 1.82) is 0 Å². The molecule has 4 atom stereocenters. The molecule has 4 amide bonds. The van der Waals surface area contributed by atoms with E-state index in [9.17, 15) is 18.8 Å². The zero-order chi connectivity index (χ0) is 23.7. The predicted molar refractivity (Wildman–Crippen MR) is 124 cm³/mol. The fourth-order valence-corrected chi connectivity index (χ4v) is 4.94. The maximum Gasteiger partial charge on any atom is 0.326 e. The molecular weight excluding hydrogens is 423 g/mol. The van der Waals surface area contributed by atoms with E-state index in [4.69, 9.17) is 0 Å². The second kappa shape index (κ2) is 9.31. The Morgan fingerprint density at radius 3 is 2.58 bits per heavy atom. The Hall–Kier alpha value is -3.26. The number of fused-ring (bicyclic) bond motifs is 1. The summed E-state index contributed by atoms with van der Waals surface area (Å²) in [6.07, 6.45) is 1.66. The van der Waals surface area contributed by atoms with Crippen molar-refractivity contribution in [3.8, 4) is 0 Å². The molecule has 2 aromatic carbocycles. The van der Waals surface area contributed by atoms with E-state index >= 15 is 0 Å². The molecule has 2 fully saturated rings. The molecule has 0 bridgehead atoms. The van der Waals surface area contributed by atoms with Crippen molar-refractivity contribution in [2.45, 2.75) is 44.7 Å². The Morgan fingerprint density at radius 2 is 1.85 bits per heavy atom. The number of piperidine rings is 2. The maximum atomic E-state index is 13.2. The minimum Gasteiger partial charge on any atom is -0.342 e. The predicted octanol–water partition coefficient (Wildman–Crippen LogP) is 3.41. The topological polar surface area (TPSA) is 90.5 Å². The van der Waals surface area contributed by atoms with Crippen molar-refractivity contribution >= 4 is 23.5 Å². The van der Waals surface area contributed by atoms with Crippen molar-refractivity contribution in [2.75, 3.05) is 18.9 Å². The van der Waals surface area contributed by atoms with E-state index in [2.05, 4.69) is 22.9 Å². The Bertz CT molecular complexity index is 1070. The first-order valence-electron chi connectivity index (χ1n) is 11.2. The number of anilines is 1. The van der Waals surface area contributed by atoms with E-state index in [1.807, 2.05) is 24.9 Å². The molecule has 2 saturated heterocycles. The van der Waals surface area contributed by atoms with Crippen LogP contribution in [0.1, 0.15) is 47.2 Å². The molecule has 0 saturated carbocycles. The lowest BCUT2D eigenvalue weighted by atomic mass is 9.75. The monoisotopic (exact) mass is 452 g/mol. The van der Waals surface area contributed by atoms with Crippen LogP contribution in [-0.2, 0) is 4.79 Å². The number of halogens is 1. The third-order valence-electron chi connectivity index (χ3n) is 6.80. The van der Waals surface area contributed by atoms with Gasteiger partial charge in [0, 0.05) is 36.9 Å². The van der Waals surface area contributed by atoms with Crippen LogP contribution in [0.15, 0.2) is 42.5 Å². The standard InChI is InChI=1S/C25H29FN4O3/c1-14-4-5-16(23(31)29-25(33)28-19-8-6-18(26)7-9-19)11-20(14)21-12-17-13-27-15(2)10-22(17)30(3)24(21)32/h4-9,11,15,17,21-22,27H,10,12-13H2,1-3H3,(H2,28,29,31,33). The SMILES string of the molecule is Cc1ccc(C(=O)NC(=O)Nc2ccc(F)cc2)cc1C1CC2CNC(C)CC2N(C)C1=O. The zero-order valence-corrected chi connectivity index (χ0v) is 19.0. The number of aryl methyl sites for hydroxylation is 1. The number of hydrogen-bond acceptors (Lipinski definition) is 4. The van der Waals surface area contributed by atoms with E-state index in [-0.39, 0.29) is 17.9 Å². The highest BCUT2D eigenvalue weighted by molar-refractivity contribution is 6.08. The highest BCUT2D eigenvalue weighted by atomic mass is 19.1. The minimum absolute atomic E-state index is 0.0695. The Balaban J connectivity index is 1.49. The fourth-order valence-electron chi connectivity index (χ4n) is 4.94. The summed E-state index contributed by atoms with van der Waals surface area (Å²) in [5.74, 6) is -0.893. The first kappa shape index (κ1) is 22.9. The van der Waals surface area contributed by atoms with Crippen LogP contribution in [0.25, 0.3) is 0 Å². The van der Waals surface area contributed by atoms with Crippen LogP contribution in [0.3, 0.4) is 0 Å². The van der Waals surface area contributed by atoms with E-state index in [1.54, 1.807) is 12.1 Å². The van der Waals surface area contributed by atoms with Gasteiger partial charge in [0.05, 0.1) is 5.92 Å². The van der Waals surface area contributed by atoms with Crippen LogP contribution < -0.4 is 16.0 Å². The highest BCUT2D eigenvalue weighted by Crippen LogP contribution is 2.38. The molecule has 4 unspecified atom stereocenters. The number of urea groups is 1. The first-order chi connectivity index (χ1) is 15.7. The molecule has 4 rings (SSSR count). The molecule has 174 valence electrons. The summed E-state index contributed by atoms with van der Waals surface area (Å²) in [6.45, 7) is 4.93. The minimum atomic E-state index is -0.715. The molecule has 0 aliphatic carbocycles. The Labute approximate surface area is 192 Å². The average Bonchev–Trinajstić information content (AvgIpc) is 2.78. The second-order valence-corrected chi connectivity index (χ2v) is 9.10. The smallest absolute Gasteiger partial charge is 0.326 e. The summed E-state index contributed by atoms with van der Waals surface area (Å²) < 4.78 is 13.0. The molecule has 2 aliphatic heterocycles. The number of likely N-dealkylation sites (N-methyl/N-ethyl adjacent to an activating group) is 1. The number of carbonyl (C=O) groups excluding carboxylic acids is 3. The van der Waals surface area contributed by atoms with Crippen LogP contribution in [-0.4, -0.2) is 48.4 Å². The van der Waals surface area contributed by atoms with Crippen LogP contribution in [0.2, 0.25) is 0 Å². The molecule has 2 aliphatic rings. The number of carbonyl (C=O) groups is 3. The number of hydrogen-bond donors (Lipinski definition) is 3. The van der Waals surface area contributed by atoms with Gasteiger partial charge in [0.25, 0.3) is 5.91 Å². The van der Waals surface area contributed by atoms with Crippen molar-refractivity contribution in [3.63, 3.8) is 0 Å². The van der Waals surface area contributed by atoms with Gasteiger partial charge in [0.15, 0.2) is 0 Å². The summed E-state index contributed by atoms with van der Waals surface area (Å²) in [5, 5.41) is 8.30. The second-order valence-electron chi connectivity index (χ2n) is 9.10. The van der Waals surface area contributed by atoms with Crippen LogP contribution >= 0.6 is 0 Å². The van der Waals surface area contributed by atoms with Crippen molar-refractivity contribution in [3.05, 3.63) is 65.0 Å². The van der Waals surface area contributed by atoms with Crippen LogP contribution in [0.5, 0.6) is 0 Å². The van der Waals surface area contributed by atoms with Crippen molar-refractivity contribution in [2.24, 2.45) is 5.92 Å². The van der Waals surface area contributed by atoms with E-state index in [0.717, 1.165) is 30.5 Å². The van der Waals surface area contributed by atoms with Gasteiger partial charge in [-0.25, -0.2) is 9.18 Å². The highest BCUT2D eigenvalue weighted by Gasteiger charge is 2.43. The molecule has 3 N–H and O–H groups in total. The van der Waals surface area contributed by atoms with Crippen molar-refractivity contribution < 1.29 is 18.8 Å². The first-order valence-corrected chi connectivity index (χ1v) is 11.2. The molecule has 0 aromatic heterocycles. The number of likely N-dealkylation sites (tertiary alicyclic amines) is 1. The summed E-state index contributed by atoms with van der Waals surface area (Å²) in [5.41, 5.74) is 2.42. The summed E-state index contributed by atoms with van der Waals surface area (Å²) in [4.78, 5) is 40.0. The van der Waals surface area contributed by atoms with E-state index < -0.39 is 17.8 Å².